The zero-order valence-corrected chi connectivity index (χ0v) is 14.2. The molecular formula is C20H22N2O2. The van der Waals surface area contributed by atoms with E-state index in [1.165, 1.54) is 11.1 Å². The van der Waals surface area contributed by atoms with Crippen LogP contribution < -0.4 is 0 Å². The van der Waals surface area contributed by atoms with Crippen molar-refractivity contribution in [1.82, 2.24) is 9.97 Å². The highest BCUT2D eigenvalue weighted by Crippen LogP contribution is 2.21. The highest BCUT2D eigenvalue weighted by molar-refractivity contribution is 5.55. The summed E-state index contributed by atoms with van der Waals surface area (Å²) in [6, 6.07) is 12.2. The molecule has 0 unspecified atom stereocenters. The molecule has 0 saturated heterocycles. The monoisotopic (exact) mass is 322 g/mol. The minimum atomic E-state index is 0.469. The maximum Gasteiger partial charge on any atom is 0.226 e. The summed E-state index contributed by atoms with van der Waals surface area (Å²) in [5.41, 5.74) is 5.42. The zero-order valence-electron chi connectivity index (χ0n) is 14.2. The number of ether oxygens (including phenoxy) is 1. The minimum absolute atomic E-state index is 0.469. The molecule has 0 saturated carbocycles. The predicted molar refractivity (Wildman–Crippen MR) is 93.6 cm³/mol. The van der Waals surface area contributed by atoms with Crippen molar-refractivity contribution in [3.05, 3.63) is 71.4 Å². The fraction of sp³-hybridized carbons (Fsp3) is 0.300. The quantitative estimate of drug-likeness (QED) is 0.601. The Hall–Kier alpha value is -2.46. The Morgan fingerprint density at radius 2 is 1.96 bits per heavy atom. The van der Waals surface area contributed by atoms with Gasteiger partial charge < -0.3 is 9.15 Å². The summed E-state index contributed by atoms with van der Waals surface area (Å²) in [5.74, 6) is 0.644. The van der Waals surface area contributed by atoms with Gasteiger partial charge in [0.1, 0.15) is 12.0 Å². The van der Waals surface area contributed by atoms with Crippen LogP contribution in [-0.4, -0.2) is 16.6 Å². The Morgan fingerprint density at radius 3 is 2.75 bits per heavy atom. The average molecular weight is 322 g/mol. The Labute approximate surface area is 142 Å². The molecule has 0 N–H and O–H groups in total. The van der Waals surface area contributed by atoms with Crippen molar-refractivity contribution in [2.75, 3.05) is 6.61 Å². The van der Waals surface area contributed by atoms with Crippen molar-refractivity contribution in [3.8, 4) is 11.5 Å². The molecule has 0 radical (unpaired) electrons. The second kappa shape index (κ2) is 7.88. The van der Waals surface area contributed by atoms with Crippen LogP contribution in [0.25, 0.3) is 11.5 Å². The van der Waals surface area contributed by atoms with Gasteiger partial charge in [-0.05, 0) is 62.1 Å². The topological polar surface area (TPSA) is 48.2 Å². The number of aryl methyl sites for hydroxylation is 3. The Kier molecular flexibility index (Phi) is 5.39. The molecule has 3 rings (SSSR count). The molecule has 4 heteroatoms. The third kappa shape index (κ3) is 4.30. The molecule has 0 bridgehead atoms. The fourth-order valence-electron chi connectivity index (χ4n) is 2.46. The molecule has 0 aliphatic carbocycles. The molecule has 124 valence electrons. The van der Waals surface area contributed by atoms with Crippen molar-refractivity contribution in [3.63, 3.8) is 0 Å². The van der Waals surface area contributed by atoms with Gasteiger partial charge in [0.2, 0.25) is 5.89 Å². The molecule has 24 heavy (non-hydrogen) atoms. The van der Waals surface area contributed by atoms with Crippen LogP contribution in [0.1, 0.15) is 28.9 Å². The van der Waals surface area contributed by atoms with Gasteiger partial charge in [-0.25, -0.2) is 4.98 Å². The first kappa shape index (κ1) is 16.4. The van der Waals surface area contributed by atoms with Crippen LogP contribution >= 0.6 is 0 Å². The molecule has 1 aromatic carbocycles. The predicted octanol–water partition coefficient (Wildman–Crippen LogP) is 4.50. The average Bonchev–Trinajstić information content (AvgIpc) is 3.07. The summed E-state index contributed by atoms with van der Waals surface area (Å²) in [4.78, 5) is 8.80. The lowest BCUT2D eigenvalue weighted by Gasteiger charge is -2.02. The molecule has 0 atom stereocenters. The van der Waals surface area contributed by atoms with E-state index in [9.17, 15) is 0 Å². The standard InChI is InChI=1S/C20H22N2O2/c1-15-8-9-17(12-16(15)2)20-22-19(14-24-20)13-23-11-5-7-18-6-3-4-10-21-18/h3-4,6,8-10,12,14H,5,7,11,13H2,1-2H3. The molecular weight excluding hydrogens is 300 g/mol. The van der Waals surface area contributed by atoms with Gasteiger partial charge in [-0.3, -0.25) is 4.98 Å². The summed E-state index contributed by atoms with van der Waals surface area (Å²) >= 11 is 0. The van der Waals surface area contributed by atoms with Crippen molar-refractivity contribution in [2.45, 2.75) is 33.3 Å². The van der Waals surface area contributed by atoms with Gasteiger partial charge in [-0.1, -0.05) is 12.1 Å². The SMILES string of the molecule is Cc1ccc(-c2nc(COCCCc3ccccn3)co2)cc1C. The summed E-state index contributed by atoms with van der Waals surface area (Å²) in [6.07, 6.45) is 5.36. The smallest absolute Gasteiger partial charge is 0.226 e. The Balaban J connectivity index is 1.47. The van der Waals surface area contributed by atoms with E-state index < -0.39 is 0 Å². The molecule has 0 fully saturated rings. The molecule has 0 spiro atoms. The van der Waals surface area contributed by atoms with E-state index in [2.05, 4.69) is 35.9 Å². The lowest BCUT2D eigenvalue weighted by atomic mass is 10.1. The van der Waals surface area contributed by atoms with E-state index in [-0.39, 0.29) is 0 Å². The first-order valence-corrected chi connectivity index (χ1v) is 8.22. The summed E-state index contributed by atoms with van der Waals surface area (Å²) in [6.45, 7) is 5.34. The third-order valence-electron chi connectivity index (χ3n) is 4.00. The van der Waals surface area contributed by atoms with Crippen molar-refractivity contribution >= 4 is 0 Å². The molecule has 0 aliphatic rings. The van der Waals surface area contributed by atoms with Crippen molar-refractivity contribution < 1.29 is 9.15 Å². The van der Waals surface area contributed by atoms with Crippen molar-refractivity contribution in [1.29, 1.82) is 0 Å². The maximum atomic E-state index is 5.68. The second-order valence-electron chi connectivity index (χ2n) is 5.92. The number of hydrogen-bond donors (Lipinski definition) is 0. The first-order valence-electron chi connectivity index (χ1n) is 8.22. The van der Waals surface area contributed by atoms with Gasteiger partial charge in [-0.15, -0.1) is 0 Å². The van der Waals surface area contributed by atoms with E-state index >= 15 is 0 Å². The van der Waals surface area contributed by atoms with Crippen LogP contribution in [0, 0.1) is 13.8 Å². The number of benzene rings is 1. The zero-order chi connectivity index (χ0) is 16.8. The van der Waals surface area contributed by atoms with E-state index in [4.69, 9.17) is 9.15 Å². The molecule has 2 heterocycles. The van der Waals surface area contributed by atoms with Crippen LogP contribution in [0.3, 0.4) is 0 Å². The normalized spacial score (nSPS) is 10.9. The Morgan fingerprint density at radius 1 is 1.04 bits per heavy atom. The molecule has 0 amide bonds. The number of hydrogen-bond acceptors (Lipinski definition) is 4. The van der Waals surface area contributed by atoms with Gasteiger partial charge in [0, 0.05) is 24.1 Å². The molecule has 4 nitrogen and oxygen atoms in total. The van der Waals surface area contributed by atoms with Gasteiger partial charge in [0.15, 0.2) is 0 Å². The molecule has 2 aromatic heterocycles. The van der Waals surface area contributed by atoms with Gasteiger partial charge in [-0.2, -0.15) is 0 Å². The summed E-state index contributed by atoms with van der Waals surface area (Å²) in [5, 5.41) is 0. The van der Waals surface area contributed by atoms with E-state index in [1.54, 1.807) is 6.26 Å². The number of oxazole rings is 1. The fourth-order valence-corrected chi connectivity index (χ4v) is 2.46. The van der Waals surface area contributed by atoms with Crippen molar-refractivity contribution in [2.24, 2.45) is 0 Å². The molecule has 3 aromatic rings. The summed E-state index contributed by atoms with van der Waals surface area (Å²) < 4.78 is 11.3. The highest BCUT2D eigenvalue weighted by atomic mass is 16.5. The summed E-state index contributed by atoms with van der Waals surface area (Å²) in [7, 11) is 0. The number of aromatic nitrogens is 2. The lowest BCUT2D eigenvalue weighted by Crippen LogP contribution is -1.98. The van der Waals surface area contributed by atoms with Crippen LogP contribution in [-0.2, 0) is 17.8 Å². The van der Waals surface area contributed by atoms with Crippen LogP contribution in [0.2, 0.25) is 0 Å². The van der Waals surface area contributed by atoms with Crippen LogP contribution in [0.15, 0.2) is 53.3 Å². The van der Waals surface area contributed by atoms with Gasteiger partial charge in [0.05, 0.1) is 6.61 Å². The van der Waals surface area contributed by atoms with E-state index in [0.717, 1.165) is 29.8 Å². The third-order valence-corrected chi connectivity index (χ3v) is 4.00. The first-order chi connectivity index (χ1) is 11.7. The van der Waals surface area contributed by atoms with Crippen LogP contribution in [0.4, 0.5) is 0 Å². The van der Waals surface area contributed by atoms with Gasteiger partial charge >= 0.3 is 0 Å². The van der Waals surface area contributed by atoms with Crippen LogP contribution in [0.5, 0.6) is 0 Å². The lowest BCUT2D eigenvalue weighted by molar-refractivity contribution is 0.116. The maximum absolute atomic E-state index is 5.68. The Bertz CT molecular complexity index is 781. The van der Waals surface area contributed by atoms with Gasteiger partial charge in [0.25, 0.3) is 0 Å². The number of rotatable bonds is 7. The molecule has 0 aliphatic heterocycles. The largest absolute Gasteiger partial charge is 0.444 e. The highest BCUT2D eigenvalue weighted by Gasteiger charge is 2.08. The number of pyridine rings is 1. The van der Waals surface area contributed by atoms with E-state index in [0.29, 0.717) is 19.1 Å². The van der Waals surface area contributed by atoms with E-state index in [1.807, 2.05) is 30.5 Å². The second-order valence-corrected chi connectivity index (χ2v) is 5.92. The number of nitrogens with zero attached hydrogens (tertiary/aromatic N) is 2. The minimum Gasteiger partial charge on any atom is -0.444 e.